The number of para-hydroxylation sites is 1. The Morgan fingerprint density at radius 2 is 2.00 bits per heavy atom. The third kappa shape index (κ3) is 3.43. The smallest absolute Gasteiger partial charge is 0.230 e. The molecule has 88 valence electrons. The predicted molar refractivity (Wildman–Crippen MR) is 60.9 cm³/mol. The standard InChI is InChI=1S/C9H12N2O4S/c1-6(12)10-7-4-3-5-8(13)9(7)11-16(2,14)15/h3-5,11,13H,1-2H3,(H,10,12). The van der Waals surface area contributed by atoms with E-state index < -0.39 is 10.0 Å². The molecule has 1 rings (SSSR count). The number of benzene rings is 1. The van der Waals surface area contributed by atoms with Gasteiger partial charge in [-0.3, -0.25) is 9.52 Å². The molecule has 0 atom stereocenters. The summed E-state index contributed by atoms with van der Waals surface area (Å²) in [5.41, 5.74) is 0.165. The Hall–Kier alpha value is -1.76. The summed E-state index contributed by atoms with van der Waals surface area (Å²) >= 11 is 0. The van der Waals surface area contributed by atoms with Crippen LogP contribution in [-0.4, -0.2) is 25.7 Å². The zero-order chi connectivity index (χ0) is 12.3. The van der Waals surface area contributed by atoms with Crippen molar-refractivity contribution in [2.75, 3.05) is 16.3 Å². The molecule has 0 heterocycles. The Kier molecular flexibility index (Phi) is 3.38. The van der Waals surface area contributed by atoms with Crippen LogP contribution in [0.15, 0.2) is 18.2 Å². The lowest BCUT2D eigenvalue weighted by atomic mass is 10.2. The summed E-state index contributed by atoms with van der Waals surface area (Å²) in [7, 11) is -3.52. The lowest BCUT2D eigenvalue weighted by molar-refractivity contribution is -0.114. The molecule has 1 aromatic rings. The van der Waals surface area contributed by atoms with Crippen LogP contribution in [0, 0.1) is 0 Å². The Morgan fingerprint density at radius 1 is 1.38 bits per heavy atom. The van der Waals surface area contributed by atoms with Crippen molar-refractivity contribution in [1.82, 2.24) is 0 Å². The van der Waals surface area contributed by atoms with E-state index >= 15 is 0 Å². The van der Waals surface area contributed by atoms with E-state index in [1.54, 1.807) is 0 Å². The largest absolute Gasteiger partial charge is 0.506 e. The quantitative estimate of drug-likeness (QED) is 0.683. The number of carbonyl (C=O) groups is 1. The molecule has 0 unspecified atom stereocenters. The second-order valence-electron chi connectivity index (χ2n) is 3.26. The van der Waals surface area contributed by atoms with Gasteiger partial charge in [0.1, 0.15) is 11.4 Å². The third-order valence-corrected chi connectivity index (χ3v) is 2.22. The van der Waals surface area contributed by atoms with Crippen LogP contribution < -0.4 is 10.0 Å². The molecule has 0 radical (unpaired) electrons. The topological polar surface area (TPSA) is 95.5 Å². The van der Waals surface area contributed by atoms with Gasteiger partial charge in [-0.05, 0) is 12.1 Å². The van der Waals surface area contributed by atoms with Gasteiger partial charge < -0.3 is 10.4 Å². The van der Waals surface area contributed by atoms with Crippen LogP contribution in [0.1, 0.15) is 6.92 Å². The second-order valence-corrected chi connectivity index (χ2v) is 5.00. The molecule has 1 amide bonds. The number of phenolic OH excluding ortho intramolecular Hbond substituents is 1. The van der Waals surface area contributed by atoms with E-state index in [4.69, 9.17) is 0 Å². The van der Waals surface area contributed by atoms with Crippen LogP contribution in [0.2, 0.25) is 0 Å². The Bertz CT molecular complexity index is 510. The maximum atomic E-state index is 11.1. The van der Waals surface area contributed by atoms with Crippen LogP contribution in [0.25, 0.3) is 0 Å². The first kappa shape index (κ1) is 12.3. The normalized spacial score (nSPS) is 10.9. The summed E-state index contributed by atoms with van der Waals surface area (Å²) in [4.78, 5) is 10.9. The molecule has 6 nitrogen and oxygen atoms in total. The molecule has 0 aliphatic rings. The maximum Gasteiger partial charge on any atom is 0.230 e. The first-order chi connectivity index (χ1) is 7.29. The molecule has 0 spiro atoms. The number of phenols is 1. The Labute approximate surface area is 93.3 Å². The number of nitrogens with one attached hydrogen (secondary N) is 2. The van der Waals surface area contributed by atoms with E-state index in [-0.39, 0.29) is 23.0 Å². The fraction of sp³-hybridized carbons (Fsp3) is 0.222. The van der Waals surface area contributed by atoms with Crippen molar-refractivity contribution in [3.8, 4) is 5.75 Å². The van der Waals surface area contributed by atoms with Gasteiger partial charge in [0.15, 0.2) is 0 Å². The second kappa shape index (κ2) is 4.40. The number of sulfonamides is 1. The minimum Gasteiger partial charge on any atom is -0.506 e. The number of amides is 1. The van der Waals surface area contributed by atoms with Crippen LogP contribution in [0.3, 0.4) is 0 Å². The first-order valence-corrected chi connectivity index (χ1v) is 6.26. The van der Waals surface area contributed by atoms with E-state index in [1.807, 2.05) is 0 Å². The summed E-state index contributed by atoms with van der Waals surface area (Å²) in [6.45, 7) is 1.29. The molecular weight excluding hydrogens is 232 g/mol. The van der Waals surface area contributed by atoms with Crippen molar-refractivity contribution < 1.29 is 18.3 Å². The van der Waals surface area contributed by atoms with Crippen molar-refractivity contribution in [2.24, 2.45) is 0 Å². The summed E-state index contributed by atoms with van der Waals surface area (Å²) in [5, 5.41) is 11.9. The van der Waals surface area contributed by atoms with Crippen molar-refractivity contribution in [2.45, 2.75) is 6.92 Å². The van der Waals surface area contributed by atoms with Gasteiger partial charge in [-0.1, -0.05) is 6.07 Å². The monoisotopic (exact) mass is 244 g/mol. The fourth-order valence-corrected chi connectivity index (χ4v) is 1.71. The molecule has 0 aliphatic heterocycles. The van der Waals surface area contributed by atoms with E-state index in [0.717, 1.165) is 6.26 Å². The minimum absolute atomic E-state index is 0.0415. The van der Waals surface area contributed by atoms with Gasteiger partial charge in [0.05, 0.1) is 11.9 Å². The van der Waals surface area contributed by atoms with Crippen LogP contribution >= 0.6 is 0 Å². The van der Waals surface area contributed by atoms with Crippen LogP contribution in [0.5, 0.6) is 5.75 Å². The molecule has 0 aromatic heterocycles. The first-order valence-electron chi connectivity index (χ1n) is 4.37. The Balaban J connectivity index is 3.18. The van der Waals surface area contributed by atoms with Crippen LogP contribution in [0.4, 0.5) is 11.4 Å². The average Bonchev–Trinajstić information content (AvgIpc) is 2.08. The molecule has 0 aliphatic carbocycles. The van der Waals surface area contributed by atoms with Gasteiger partial charge in [0.25, 0.3) is 0 Å². The van der Waals surface area contributed by atoms with E-state index in [0.29, 0.717) is 0 Å². The van der Waals surface area contributed by atoms with Crippen molar-refractivity contribution >= 4 is 27.3 Å². The molecule has 16 heavy (non-hydrogen) atoms. The predicted octanol–water partition coefficient (Wildman–Crippen LogP) is 0.722. The van der Waals surface area contributed by atoms with Gasteiger partial charge in [-0.25, -0.2) is 8.42 Å². The summed E-state index contributed by atoms with van der Waals surface area (Å²) in [5.74, 6) is -0.612. The highest BCUT2D eigenvalue weighted by Crippen LogP contribution is 2.32. The number of hydrogen-bond acceptors (Lipinski definition) is 4. The van der Waals surface area contributed by atoms with Crippen molar-refractivity contribution in [1.29, 1.82) is 0 Å². The van der Waals surface area contributed by atoms with Gasteiger partial charge >= 0.3 is 0 Å². The highest BCUT2D eigenvalue weighted by atomic mass is 32.2. The zero-order valence-corrected chi connectivity index (χ0v) is 9.63. The number of anilines is 2. The van der Waals surface area contributed by atoms with Gasteiger partial charge in [-0.2, -0.15) is 0 Å². The SMILES string of the molecule is CC(=O)Nc1cccc(O)c1NS(C)(=O)=O. The van der Waals surface area contributed by atoms with E-state index in [9.17, 15) is 18.3 Å². The zero-order valence-electron chi connectivity index (χ0n) is 8.81. The molecule has 7 heteroatoms. The Morgan fingerprint density at radius 3 is 2.50 bits per heavy atom. The minimum atomic E-state index is -3.52. The molecular formula is C9H12N2O4S. The molecule has 1 aromatic carbocycles. The van der Waals surface area contributed by atoms with Gasteiger partial charge in [0, 0.05) is 6.92 Å². The van der Waals surface area contributed by atoms with E-state index in [2.05, 4.69) is 10.0 Å². The van der Waals surface area contributed by atoms with Crippen molar-refractivity contribution in [3.63, 3.8) is 0 Å². The maximum absolute atomic E-state index is 11.1. The lowest BCUT2D eigenvalue weighted by Gasteiger charge is -2.12. The summed E-state index contributed by atoms with van der Waals surface area (Å²) in [6.07, 6.45) is 0.955. The molecule has 3 N–H and O–H groups in total. The van der Waals surface area contributed by atoms with Crippen molar-refractivity contribution in [3.05, 3.63) is 18.2 Å². The third-order valence-electron chi connectivity index (χ3n) is 1.64. The number of hydrogen-bond donors (Lipinski definition) is 3. The van der Waals surface area contributed by atoms with Gasteiger partial charge in [0.2, 0.25) is 15.9 Å². The summed E-state index contributed by atoms with van der Waals surface area (Å²) < 4.78 is 24.2. The molecule has 0 saturated heterocycles. The van der Waals surface area contributed by atoms with Crippen LogP contribution in [-0.2, 0) is 14.8 Å². The fourth-order valence-electron chi connectivity index (χ4n) is 1.13. The lowest BCUT2D eigenvalue weighted by Crippen LogP contribution is -2.13. The average molecular weight is 244 g/mol. The number of aromatic hydroxyl groups is 1. The molecule has 0 bridgehead atoms. The highest BCUT2D eigenvalue weighted by Gasteiger charge is 2.12. The van der Waals surface area contributed by atoms with E-state index in [1.165, 1.54) is 25.1 Å². The number of carbonyl (C=O) groups excluding carboxylic acids is 1. The number of rotatable bonds is 3. The van der Waals surface area contributed by atoms with Gasteiger partial charge in [-0.15, -0.1) is 0 Å². The highest BCUT2D eigenvalue weighted by molar-refractivity contribution is 7.92. The molecule has 0 saturated carbocycles. The molecule has 0 fully saturated rings. The summed E-state index contributed by atoms with van der Waals surface area (Å²) in [6, 6.07) is 4.29.